The van der Waals surface area contributed by atoms with Gasteiger partial charge in [0.1, 0.15) is 5.75 Å². The van der Waals surface area contributed by atoms with Crippen molar-refractivity contribution < 1.29 is 19.1 Å². The van der Waals surface area contributed by atoms with Crippen molar-refractivity contribution in [2.75, 3.05) is 13.7 Å². The van der Waals surface area contributed by atoms with Gasteiger partial charge in [-0.1, -0.05) is 15.9 Å². The number of hydrogen-bond acceptors (Lipinski definition) is 4. The molecule has 1 unspecified atom stereocenters. The minimum Gasteiger partial charge on any atom is -0.482 e. The number of esters is 1. The van der Waals surface area contributed by atoms with Crippen LogP contribution in [-0.2, 0) is 9.53 Å². The maximum atomic E-state index is 11.6. The van der Waals surface area contributed by atoms with Crippen LogP contribution in [0.5, 0.6) is 5.75 Å². The van der Waals surface area contributed by atoms with Crippen LogP contribution in [0.3, 0.4) is 0 Å². The number of methoxy groups -OCH3 is 1. The molecular formula is C12H13BrO4. The van der Waals surface area contributed by atoms with Gasteiger partial charge in [-0.15, -0.1) is 0 Å². The van der Waals surface area contributed by atoms with Gasteiger partial charge in [-0.25, -0.2) is 4.79 Å². The first-order valence-electron chi connectivity index (χ1n) is 5.02. The summed E-state index contributed by atoms with van der Waals surface area (Å²) in [6.45, 7) is 1.63. The summed E-state index contributed by atoms with van der Waals surface area (Å²) in [6, 6.07) is 6.61. The van der Waals surface area contributed by atoms with Gasteiger partial charge >= 0.3 is 5.97 Å². The fraction of sp³-hybridized carbons (Fsp3) is 0.333. The van der Waals surface area contributed by atoms with Crippen LogP contribution in [0.15, 0.2) is 24.3 Å². The average molecular weight is 301 g/mol. The van der Waals surface area contributed by atoms with E-state index < -0.39 is 5.97 Å². The number of rotatable bonds is 5. The quantitative estimate of drug-likeness (QED) is 0.475. The van der Waals surface area contributed by atoms with E-state index in [0.717, 1.165) is 0 Å². The first kappa shape index (κ1) is 13.7. The lowest BCUT2D eigenvalue weighted by atomic mass is 10.1. The minimum absolute atomic E-state index is 0.00418. The summed E-state index contributed by atoms with van der Waals surface area (Å²) in [4.78, 5) is 22.2. The van der Waals surface area contributed by atoms with Gasteiger partial charge in [0.25, 0.3) is 0 Å². The van der Waals surface area contributed by atoms with E-state index in [2.05, 4.69) is 20.7 Å². The van der Waals surface area contributed by atoms with Crippen molar-refractivity contribution in [2.24, 2.45) is 0 Å². The Balaban J connectivity index is 2.62. The number of carbonyl (C=O) groups excluding carboxylic acids is 2. The summed E-state index contributed by atoms with van der Waals surface area (Å²) in [5, 5.41) is 0. The van der Waals surface area contributed by atoms with Crippen LogP contribution >= 0.6 is 15.9 Å². The molecule has 0 N–H and O–H groups in total. The Morgan fingerprint density at radius 1 is 1.29 bits per heavy atom. The van der Waals surface area contributed by atoms with Crippen LogP contribution in [-0.4, -0.2) is 30.3 Å². The fourth-order valence-electron chi connectivity index (χ4n) is 1.15. The van der Waals surface area contributed by atoms with E-state index in [4.69, 9.17) is 4.74 Å². The van der Waals surface area contributed by atoms with Crippen molar-refractivity contribution in [2.45, 2.75) is 11.8 Å². The van der Waals surface area contributed by atoms with Gasteiger partial charge < -0.3 is 9.47 Å². The molecule has 0 heterocycles. The molecule has 1 aromatic rings. The Hall–Kier alpha value is -1.36. The van der Waals surface area contributed by atoms with Crippen molar-refractivity contribution in [3.05, 3.63) is 29.8 Å². The Bertz CT molecular complexity index is 397. The molecule has 4 nitrogen and oxygen atoms in total. The van der Waals surface area contributed by atoms with E-state index in [1.54, 1.807) is 31.2 Å². The summed E-state index contributed by atoms with van der Waals surface area (Å²) < 4.78 is 9.60. The molecule has 0 saturated carbocycles. The van der Waals surface area contributed by atoms with E-state index in [-0.39, 0.29) is 17.2 Å². The molecule has 0 aliphatic heterocycles. The normalized spacial score (nSPS) is 11.7. The summed E-state index contributed by atoms with van der Waals surface area (Å²) >= 11 is 3.21. The van der Waals surface area contributed by atoms with Crippen molar-refractivity contribution in [1.82, 2.24) is 0 Å². The van der Waals surface area contributed by atoms with E-state index in [1.807, 2.05) is 0 Å². The molecule has 0 amide bonds. The Kier molecular flexibility index (Phi) is 5.15. The van der Waals surface area contributed by atoms with Crippen LogP contribution in [0, 0.1) is 0 Å². The van der Waals surface area contributed by atoms with Gasteiger partial charge in [0.15, 0.2) is 12.4 Å². The third-order valence-corrected chi connectivity index (χ3v) is 2.50. The number of alkyl halides is 1. The molecule has 0 aromatic heterocycles. The molecule has 92 valence electrons. The molecule has 1 atom stereocenters. The third kappa shape index (κ3) is 4.19. The van der Waals surface area contributed by atoms with Gasteiger partial charge in [-0.05, 0) is 31.2 Å². The van der Waals surface area contributed by atoms with Crippen LogP contribution in [0.25, 0.3) is 0 Å². The molecule has 1 rings (SSSR count). The molecule has 0 aliphatic carbocycles. The van der Waals surface area contributed by atoms with Crippen LogP contribution in [0.2, 0.25) is 0 Å². The highest BCUT2D eigenvalue weighted by molar-refractivity contribution is 9.10. The van der Waals surface area contributed by atoms with Crippen molar-refractivity contribution >= 4 is 27.7 Å². The maximum Gasteiger partial charge on any atom is 0.343 e. The van der Waals surface area contributed by atoms with E-state index in [0.29, 0.717) is 11.3 Å². The predicted molar refractivity (Wildman–Crippen MR) is 66.7 cm³/mol. The Morgan fingerprint density at radius 3 is 2.35 bits per heavy atom. The standard InChI is InChI=1S/C12H13BrO4/c1-8(13)12(15)9-3-5-10(6-4-9)17-7-11(14)16-2/h3-6,8H,7H2,1-2H3. The average Bonchev–Trinajstić information content (AvgIpc) is 2.35. The van der Waals surface area contributed by atoms with E-state index in [9.17, 15) is 9.59 Å². The fourth-order valence-corrected chi connectivity index (χ4v) is 1.41. The predicted octanol–water partition coefficient (Wildman–Crippen LogP) is 2.20. The number of benzene rings is 1. The molecule has 0 spiro atoms. The Morgan fingerprint density at radius 2 is 1.88 bits per heavy atom. The minimum atomic E-state index is -0.445. The highest BCUT2D eigenvalue weighted by Crippen LogP contribution is 2.15. The number of carbonyl (C=O) groups is 2. The van der Waals surface area contributed by atoms with Crippen LogP contribution < -0.4 is 4.74 Å². The van der Waals surface area contributed by atoms with E-state index >= 15 is 0 Å². The molecular weight excluding hydrogens is 288 g/mol. The number of ether oxygens (including phenoxy) is 2. The van der Waals surface area contributed by atoms with Crippen molar-refractivity contribution in [3.8, 4) is 5.75 Å². The van der Waals surface area contributed by atoms with Crippen molar-refractivity contribution in [3.63, 3.8) is 0 Å². The summed E-state index contributed by atoms with van der Waals surface area (Å²) in [7, 11) is 1.30. The number of ketones is 1. The van der Waals surface area contributed by atoms with Gasteiger partial charge in [-0.2, -0.15) is 0 Å². The zero-order valence-electron chi connectivity index (χ0n) is 9.60. The molecule has 0 bridgehead atoms. The monoisotopic (exact) mass is 300 g/mol. The highest BCUT2D eigenvalue weighted by Gasteiger charge is 2.11. The molecule has 17 heavy (non-hydrogen) atoms. The third-order valence-electron chi connectivity index (χ3n) is 2.08. The molecule has 0 saturated heterocycles. The summed E-state index contributed by atoms with van der Waals surface area (Å²) in [5.41, 5.74) is 0.597. The molecule has 5 heteroatoms. The van der Waals surface area contributed by atoms with E-state index in [1.165, 1.54) is 7.11 Å². The number of hydrogen-bond donors (Lipinski definition) is 0. The molecule has 0 radical (unpaired) electrons. The smallest absolute Gasteiger partial charge is 0.343 e. The van der Waals surface area contributed by atoms with Crippen LogP contribution in [0.4, 0.5) is 0 Å². The number of halogens is 1. The SMILES string of the molecule is COC(=O)COc1ccc(C(=O)C(C)Br)cc1. The van der Waals surface area contributed by atoms with Gasteiger partial charge in [0, 0.05) is 5.56 Å². The molecule has 0 aliphatic rings. The molecule has 1 aromatic carbocycles. The second-order valence-corrected chi connectivity index (χ2v) is 4.74. The second-order valence-electron chi connectivity index (χ2n) is 3.37. The van der Waals surface area contributed by atoms with Crippen molar-refractivity contribution in [1.29, 1.82) is 0 Å². The maximum absolute atomic E-state index is 11.6. The lowest BCUT2D eigenvalue weighted by molar-refractivity contribution is -0.142. The lowest BCUT2D eigenvalue weighted by Crippen LogP contribution is -2.13. The summed E-state index contributed by atoms with van der Waals surface area (Å²) in [6.07, 6.45) is 0. The first-order valence-corrected chi connectivity index (χ1v) is 5.94. The zero-order chi connectivity index (χ0) is 12.8. The topological polar surface area (TPSA) is 52.6 Å². The van der Waals surface area contributed by atoms with Gasteiger partial charge in [0.2, 0.25) is 0 Å². The Labute approximate surface area is 108 Å². The van der Waals surface area contributed by atoms with Crippen LogP contribution in [0.1, 0.15) is 17.3 Å². The number of Topliss-reactive ketones (excluding diaryl/α,β-unsaturated/α-hetero) is 1. The first-order chi connectivity index (χ1) is 8.04. The largest absolute Gasteiger partial charge is 0.482 e. The lowest BCUT2D eigenvalue weighted by Gasteiger charge is -2.06. The van der Waals surface area contributed by atoms with Gasteiger partial charge in [-0.3, -0.25) is 4.79 Å². The highest BCUT2D eigenvalue weighted by atomic mass is 79.9. The zero-order valence-corrected chi connectivity index (χ0v) is 11.2. The second kappa shape index (κ2) is 6.39. The molecule has 0 fully saturated rings. The van der Waals surface area contributed by atoms with Gasteiger partial charge in [0.05, 0.1) is 11.9 Å². The summed E-state index contributed by atoms with van der Waals surface area (Å²) in [5.74, 6) is 0.0814.